The number of nitro groups is 1. The normalized spacial score (nSPS) is 10.7. The third-order valence-corrected chi connectivity index (χ3v) is 3.92. The summed E-state index contributed by atoms with van der Waals surface area (Å²) in [5, 5.41) is 14.3. The number of nitrogens with zero attached hydrogens (tertiary/aromatic N) is 1. The molecule has 120 valence electrons. The summed E-state index contributed by atoms with van der Waals surface area (Å²) in [5.41, 5.74) is 3.50. The predicted octanol–water partition coefficient (Wildman–Crippen LogP) is 4.47. The zero-order valence-electron chi connectivity index (χ0n) is 13.1. The van der Waals surface area contributed by atoms with Crippen LogP contribution in [0, 0.1) is 10.1 Å². The van der Waals surface area contributed by atoms with E-state index in [1.807, 2.05) is 36.4 Å². The zero-order chi connectivity index (χ0) is 16.8. The lowest BCUT2D eigenvalue weighted by molar-refractivity contribution is -0.384. The molecule has 0 amide bonds. The van der Waals surface area contributed by atoms with Crippen LogP contribution >= 0.6 is 0 Å². The molecule has 0 spiro atoms. The molecule has 3 aromatic rings. The Hall–Kier alpha value is -2.98. The van der Waals surface area contributed by atoms with Crippen molar-refractivity contribution >= 4 is 5.69 Å². The van der Waals surface area contributed by atoms with Gasteiger partial charge in [-0.05, 0) is 16.7 Å². The summed E-state index contributed by atoms with van der Waals surface area (Å²) < 4.78 is 0. The second kappa shape index (κ2) is 7.53. The first-order chi connectivity index (χ1) is 11.7. The maximum atomic E-state index is 10.7. The fraction of sp³-hybridized carbons (Fsp3) is 0.100. The maximum Gasteiger partial charge on any atom is 0.269 e. The third kappa shape index (κ3) is 3.86. The summed E-state index contributed by atoms with van der Waals surface area (Å²) >= 11 is 0. The average Bonchev–Trinajstić information content (AvgIpc) is 2.64. The van der Waals surface area contributed by atoms with Gasteiger partial charge in [-0.15, -0.1) is 0 Å². The molecule has 0 heterocycles. The van der Waals surface area contributed by atoms with Crippen LogP contribution in [0.5, 0.6) is 0 Å². The quantitative estimate of drug-likeness (QED) is 0.539. The highest BCUT2D eigenvalue weighted by Crippen LogP contribution is 2.22. The maximum absolute atomic E-state index is 10.7. The van der Waals surface area contributed by atoms with Crippen LogP contribution in [0.1, 0.15) is 22.7 Å². The number of rotatable bonds is 6. The molecule has 0 saturated heterocycles. The van der Waals surface area contributed by atoms with Crippen molar-refractivity contribution in [2.45, 2.75) is 12.6 Å². The van der Waals surface area contributed by atoms with Crippen molar-refractivity contribution < 1.29 is 4.92 Å². The van der Waals surface area contributed by atoms with Gasteiger partial charge in [0, 0.05) is 18.7 Å². The monoisotopic (exact) mass is 318 g/mol. The number of nitro benzene ring substituents is 1. The Balaban J connectivity index is 1.79. The van der Waals surface area contributed by atoms with E-state index in [9.17, 15) is 10.1 Å². The molecule has 0 bridgehead atoms. The van der Waals surface area contributed by atoms with E-state index in [1.54, 1.807) is 12.1 Å². The SMILES string of the molecule is O=[N+]([O-])c1ccc(CNC(c2ccccc2)c2ccccc2)cc1. The molecule has 0 fully saturated rings. The molecule has 0 unspecified atom stereocenters. The van der Waals surface area contributed by atoms with Gasteiger partial charge in [0.25, 0.3) is 5.69 Å². The summed E-state index contributed by atoms with van der Waals surface area (Å²) in [6.07, 6.45) is 0. The lowest BCUT2D eigenvalue weighted by Crippen LogP contribution is -2.22. The van der Waals surface area contributed by atoms with Crippen molar-refractivity contribution in [3.8, 4) is 0 Å². The summed E-state index contributed by atoms with van der Waals surface area (Å²) in [4.78, 5) is 10.4. The van der Waals surface area contributed by atoms with Crippen LogP contribution in [0.15, 0.2) is 84.9 Å². The van der Waals surface area contributed by atoms with Gasteiger partial charge in [-0.2, -0.15) is 0 Å². The van der Waals surface area contributed by atoms with Gasteiger partial charge in [-0.25, -0.2) is 0 Å². The minimum Gasteiger partial charge on any atom is -0.302 e. The van der Waals surface area contributed by atoms with E-state index in [0.29, 0.717) is 6.54 Å². The van der Waals surface area contributed by atoms with Gasteiger partial charge >= 0.3 is 0 Å². The lowest BCUT2D eigenvalue weighted by Gasteiger charge is -2.20. The van der Waals surface area contributed by atoms with Crippen LogP contribution < -0.4 is 5.32 Å². The average molecular weight is 318 g/mol. The first-order valence-corrected chi connectivity index (χ1v) is 7.80. The van der Waals surface area contributed by atoms with Gasteiger partial charge in [-0.1, -0.05) is 72.8 Å². The van der Waals surface area contributed by atoms with E-state index in [4.69, 9.17) is 0 Å². The van der Waals surface area contributed by atoms with Crippen LogP contribution in [-0.4, -0.2) is 4.92 Å². The minimum atomic E-state index is -0.381. The highest BCUT2D eigenvalue weighted by Gasteiger charge is 2.13. The van der Waals surface area contributed by atoms with Crippen molar-refractivity contribution in [3.63, 3.8) is 0 Å². The largest absolute Gasteiger partial charge is 0.302 e. The smallest absolute Gasteiger partial charge is 0.269 e. The Morgan fingerprint density at radius 1 is 0.792 bits per heavy atom. The van der Waals surface area contributed by atoms with Crippen molar-refractivity contribution in [3.05, 3.63) is 112 Å². The molecule has 0 atom stereocenters. The van der Waals surface area contributed by atoms with Crippen molar-refractivity contribution in [2.24, 2.45) is 0 Å². The summed E-state index contributed by atoms with van der Waals surface area (Å²) in [5.74, 6) is 0. The van der Waals surface area contributed by atoms with E-state index < -0.39 is 0 Å². The molecule has 0 aliphatic rings. The third-order valence-electron chi connectivity index (χ3n) is 3.92. The van der Waals surface area contributed by atoms with Gasteiger partial charge in [0.1, 0.15) is 0 Å². The van der Waals surface area contributed by atoms with Crippen molar-refractivity contribution in [1.29, 1.82) is 0 Å². The van der Waals surface area contributed by atoms with E-state index in [0.717, 1.165) is 5.56 Å². The number of non-ortho nitro benzene ring substituents is 1. The van der Waals surface area contributed by atoms with Crippen LogP contribution in [0.4, 0.5) is 5.69 Å². The Morgan fingerprint density at radius 3 is 1.75 bits per heavy atom. The molecule has 3 aromatic carbocycles. The van der Waals surface area contributed by atoms with E-state index >= 15 is 0 Å². The molecule has 0 saturated carbocycles. The number of nitrogens with one attached hydrogen (secondary N) is 1. The number of hydrogen-bond donors (Lipinski definition) is 1. The van der Waals surface area contributed by atoms with Gasteiger partial charge in [0.2, 0.25) is 0 Å². The van der Waals surface area contributed by atoms with E-state index in [2.05, 4.69) is 29.6 Å². The molecule has 24 heavy (non-hydrogen) atoms. The van der Waals surface area contributed by atoms with Crippen LogP contribution in [0.2, 0.25) is 0 Å². The van der Waals surface area contributed by atoms with Gasteiger partial charge < -0.3 is 5.32 Å². The minimum absolute atomic E-state index is 0.0718. The fourth-order valence-corrected chi connectivity index (χ4v) is 2.67. The highest BCUT2D eigenvalue weighted by molar-refractivity contribution is 5.34. The molecule has 3 rings (SSSR count). The zero-order valence-corrected chi connectivity index (χ0v) is 13.1. The summed E-state index contributed by atoms with van der Waals surface area (Å²) in [7, 11) is 0. The second-order valence-electron chi connectivity index (χ2n) is 5.56. The van der Waals surface area contributed by atoms with E-state index in [-0.39, 0.29) is 16.7 Å². The summed E-state index contributed by atoms with van der Waals surface area (Å²) in [6.45, 7) is 0.631. The molecule has 0 aromatic heterocycles. The number of hydrogen-bond acceptors (Lipinski definition) is 3. The first kappa shape index (κ1) is 15.9. The Labute approximate surface area is 140 Å². The van der Waals surface area contributed by atoms with Crippen molar-refractivity contribution in [2.75, 3.05) is 0 Å². The fourth-order valence-electron chi connectivity index (χ4n) is 2.67. The van der Waals surface area contributed by atoms with Gasteiger partial charge in [-0.3, -0.25) is 10.1 Å². The van der Waals surface area contributed by atoms with Gasteiger partial charge in [0.15, 0.2) is 0 Å². The van der Waals surface area contributed by atoms with Crippen molar-refractivity contribution in [1.82, 2.24) is 5.32 Å². The molecule has 4 heteroatoms. The molecule has 1 N–H and O–H groups in total. The molecule has 0 radical (unpaired) electrons. The van der Waals surface area contributed by atoms with Crippen LogP contribution in [-0.2, 0) is 6.54 Å². The molecular formula is C20H18N2O2. The van der Waals surface area contributed by atoms with Crippen LogP contribution in [0.25, 0.3) is 0 Å². The molecule has 0 aliphatic carbocycles. The lowest BCUT2D eigenvalue weighted by atomic mass is 9.98. The Kier molecular flexibility index (Phi) is 4.99. The predicted molar refractivity (Wildman–Crippen MR) is 94.7 cm³/mol. The molecular weight excluding hydrogens is 300 g/mol. The highest BCUT2D eigenvalue weighted by atomic mass is 16.6. The number of benzene rings is 3. The Morgan fingerprint density at radius 2 is 1.29 bits per heavy atom. The summed E-state index contributed by atoms with van der Waals surface area (Å²) in [6, 6.07) is 27.2. The second-order valence-corrected chi connectivity index (χ2v) is 5.56. The van der Waals surface area contributed by atoms with E-state index in [1.165, 1.54) is 23.3 Å². The van der Waals surface area contributed by atoms with Gasteiger partial charge in [0.05, 0.1) is 11.0 Å². The molecule has 0 aliphatic heterocycles. The standard InChI is InChI=1S/C20H18N2O2/c23-22(24)19-13-11-16(12-14-19)15-21-20(17-7-3-1-4-8-17)18-9-5-2-6-10-18/h1-14,20-21H,15H2. The topological polar surface area (TPSA) is 55.2 Å². The van der Waals surface area contributed by atoms with Crippen LogP contribution in [0.3, 0.4) is 0 Å². The molecule has 4 nitrogen and oxygen atoms in total. The Bertz CT molecular complexity index is 747. The first-order valence-electron chi connectivity index (χ1n) is 7.80.